The Balaban J connectivity index is 2.91. The van der Waals surface area contributed by atoms with E-state index in [0.717, 1.165) is 11.3 Å². The Morgan fingerprint density at radius 2 is 2.14 bits per heavy atom. The molecule has 4 heteroatoms. The number of nitriles is 2. The number of hydrogen-bond donors (Lipinski definition) is 0. The molecule has 0 bridgehead atoms. The van der Waals surface area contributed by atoms with E-state index in [-0.39, 0.29) is 5.92 Å². The van der Waals surface area contributed by atoms with Gasteiger partial charge in [0.2, 0.25) is 0 Å². The lowest BCUT2D eigenvalue weighted by atomic mass is 9.94. The van der Waals surface area contributed by atoms with Gasteiger partial charge in [0.25, 0.3) is 0 Å². The van der Waals surface area contributed by atoms with Crippen molar-refractivity contribution in [2.24, 2.45) is 0 Å². The minimum absolute atomic E-state index is 0.277. The molecule has 1 unspecified atom stereocenters. The molecule has 1 aromatic heterocycles. The smallest absolute Gasteiger partial charge is 0.138 e. The zero-order valence-corrected chi connectivity index (χ0v) is 8.24. The molecule has 0 aliphatic rings. The van der Waals surface area contributed by atoms with E-state index in [1.165, 1.54) is 0 Å². The van der Waals surface area contributed by atoms with Gasteiger partial charge < -0.3 is 4.52 Å². The van der Waals surface area contributed by atoms with E-state index < -0.39 is 0 Å². The molecule has 1 aromatic rings. The number of nitrogens with zero attached hydrogens (tertiary/aromatic N) is 3. The third-order valence-corrected chi connectivity index (χ3v) is 2.14. The predicted octanol–water partition coefficient (Wildman–Crippen LogP) is 2.20. The minimum atomic E-state index is -0.277. The second-order valence-corrected chi connectivity index (χ2v) is 3.12. The molecular formula is C10H11N3O. The fourth-order valence-electron chi connectivity index (χ4n) is 1.47. The van der Waals surface area contributed by atoms with Crippen molar-refractivity contribution in [2.45, 2.75) is 32.6 Å². The van der Waals surface area contributed by atoms with Crippen molar-refractivity contribution < 1.29 is 4.52 Å². The molecule has 0 saturated carbocycles. The molecule has 1 atom stereocenters. The highest BCUT2D eigenvalue weighted by Gasteiger charge is 2.19. The van der Waals surface area contributed by atoms with E-state index in [0.29, 0.717) is 18.6 Å². The first-order valence-corrected chi connectivity index (χ1v) is 4.40. The highest BCUT2D eigenvalue weighted by atomic mass is 16.5. The van der Waals surface area contributed by atoms with Crippen LogP contribution in [0, 0.1) is 36.5 Å². The van der Waals surface area contributed by atoms with Gasteiger partial charge >= 0.3 is 0 Å². The maximum Gasteiger partial charge on any atom is 0.138 e. The molecule has 0 fully saturated rings. The van der Waals surface area contributed by atoms with Crippen LogP contribution in [0.1, 0.15) is 35.8 Å². The summed E-state index contributed by atoms with van der Waals surface area (Å²) in [6.45, 7) is 3.59. The summed E-state index contributed by atoms with van der Waals surface area (Å²) in [6, 6.07) is 4.20. The third kappa shape index (κ3) is 1.92. The van der Waals surface area contributed by atoms with Crippen LogP contribution in [0.4, 0.5) is 0 Å². The van der Waals surface area contributed by atoms with Gasteiger partial charge in [-0.1, -0.05) is 5.16 Å². The Hall–Kier alpha value is -1.81. The first kappa shape index (κ1) is 10.3. The maximum absolute atomic E-state index is 8.94. The van der Waals surface area contributed by atoms with E-state index in [2.05, 4.69) is 11.2 Å². The lowest BCUT2D eigenvalue weighted by Gasteiger charge is -2.04. The van der Waals surface area contributed by atoms with Gasteiger partial charge in [-0.05, 0) is 20.3 Å². The van der Waals surface area contributed by atoms with Gasteiger partial charge in [0, 0.05) is 12.0 Å². The van der Waals surface area contributed by atoms with Gasteiger partial charge in [0.15, 0.2) is 0 Å². The fraction of sp³-hybridized carbons (Fsp3) is 0.500. The Morgan fingerprint density at radius 1 is 1.43 bits per heavy atom. The first-order valence-electron chi connectivity index (χ1n) is 4.40. The first-order chi connectivity index (χ1) is 6.70. The number of aryl methyl sites for hydroxylation is 2. The zero-order valence-electron chi connectivity index (χ0n) is 8.24. The molecule has 1 rings (SSSR count). The van der Waals surface area contributed by atoms with Crippen LogP contribution in [0.3, 0.4) is 0 Å². The quantitative estimate of drug-likeness (QED) is 0.730. The number of hydrogen-bond acceptors (Lipinski definition) is 4. The van der Waals surface area contributed by atoms with Crippen molar-refractivity contribution in [1.82, 2.24) is 5.16 Å². The van der Waals surface area contributed by atoms with Crippen molar-refractivity contribution in [1.29, 1.82) is 10.5 Å². The van der Waals surface area contributed by atoms with Crippen LogP contribution in [0.5, 0.6) is 0 Å². The number of rotatable bonds is 3. The lowest BCUT2D eigenvalue weighted by molar-refractivity contribution is 0.391. The lowest BCUT2D eigenvalue weighted by Crippen LogP contribution is -1.98. The molecule has 0 aliphatic heterocycles. The van der Waals surface area contributed by atoms with E-state index in [1.54, 1.807) is 6.92 Å². The van der Waals surface area contributed by atoms with Crippen LogP contribution in [0.25, 0.3) is 0 Å². The Kier molecular flexibility index (Phi) is 3.25. The highest BCUT2D eigenvalue weighted by molar-refractivity contribution is 5.30. The summed E-state index contributed by atoms with van der Waals surface area (Å²) in [4.78, 5) is 0. The molecule has 0 aliphatic carbocycles. The van der Waals surface area contributed by atoms with Crippen LogP contribution < -0.4 is 0 Å². The van der Waals surface area contributed by atoms with Crippen LogP contribution in [-0.2, 0) is 0 Å². The maximum atomic E-state index is 8.94. The van der Waals surface area contributed by atoms with Gasteiger partial charge in [-0.25, -0.2) is 0 Å². The summed E-state index contributed by atoms with van der Waals surface area (Å²) >= 11 is 0. The Bertz CT molecular complexity index is 375. The van der Waals surface area contributed by atoms with Crippen LogP contribution in [0.15, 0.2) is 4.52 Å². The van der Waals surface area contributed by atoms with Crippen molar-refractivity contribution in [2.75, 3.05) is 0 Å². The van der Waals surface area contributed by atoms with E-state index in [4.69, 9.17) is 15.0 Å². The fourth-order valence-corrected chi connectivity index (χ4v) is 1.47. The molecule has 0 N–H and O–H groups in total. The normalized spacial score (nSPS) is 11.7. The summed E-state index contributed by atoms with van der Waals surface area (Å²) in [5, 5.41) is 21.2. The molecule has 0 aromatic carbocycles. The van der Waals surface area contributed by atoms with Crippen molar-refractivity contribution in [3.63, 3.8) is 0 Å². The van der Waals surface area contributed by atoms with Gasteiger partial charge in [0.1, 0.15) is 5.76 Å². The van der Waals surface area contributed by atoms with Gasteiger partial charge in [-0.2, -0.15) is 10.5 Å². The largest absolute Gasteiger partial charge is 0.361 e. The van der Waals surface area contributed by atoms with Crippen LogP contribution in [0.2, 0.25) is 0 Å². The Morgan fingerprint density at radius 3 is 2.57 bits per heavy atom. The van der Waals surface area contributed by atoms with E-state index in [9.17, 15) is 0 Å². The van der Waals surface area contributed by atoms with Gasteiger partial charge in [0.05, 0.1) is 23.8 Å². The van der Waals surface area contributed by atoms with Crippen molar-refractivity contribution in [3.05, 3.63) is 17.0 Å². The van der Waals surface area contributed by atoms with Crippen molar-refractivity contribution in [3.8, 4) is 12.1 Å². The van der Waals surface area contributed by atoms with Gasteiger partial charge in [-0.15, -0.1) is 0 Å². The molecule has 0 saturated heterocycles. The van der Waals surface area contributed by atoms with Crippen LogP contribution in [-0.4, -0.2) is 5.16 Å². The van der Waals surface area contributed by atoms with Crippen molar-refractivity contribution >= 4 is 0 Å². The predicted molar refractivity (Wildman–Crippen MR) is 49.2 cm³/mol. The minimum Gasteiger partial charge on any atom is -0.361 e. The summed E-state index contributed by atoms with van der Waals surface area (Å²) < 4.78 is 4.97. The second-order valence-electron chi connectivity index (χ2n) is 3.12. The number of aromatic nitrogens is 1. The molecule has 0 spiro atoms. The molecule has 0 amide bonds. The standard InChI is InChI=1S/C10H11N3O/c1-7-10(8(2)14-13-7)9(6-12)4-3-5-11/h9H,3-4H2,1-2H3. The highest BCUT2D eigenvalue weighted by Crippen LogP contribution is 2.26. The molecule has 4 nitrogen and oxygen atoms in total. The van der Waals surface area contributed by atoms with E-state index in [1.807, 2.05) is 13.0 Å². The molecular weight excluding hydrogens is 178 g/mol. The Labute approximate surface area is 82.7 Å². The SMILES string of the molecule is Cc1noc(C)c1C(C#N)CCC#N. The molecule has 72 valence electrons. The van der Waals surface area contributed by atoms with E-state index >= 15 is 0 Å². The summed E-state index contributed by atoms with van der Waals surface area (Å²) in [5.41, 5.74) is 1.58. The molecule has 14 heavy (non-hydrogen) atoms. The van der Waals surface area contributed by atoms with Gasteiger partial charge in [-0.3, -0.25) is 0 Å². The topological polar surface area (TPSA) is 73.6 Å². The summed E-state index contributed by atoms with van der Waals surface area (Å²) in [5.74, 6) is 0.396. The third-order valence-electron chi connectivity index (χ3n) is 2.14. The second kappa shape index (κ2) is 4.43. The molecule has 0 radical (unpaired) electrons. The average Bonchev–Trinajstić information content (AvgIpc) is 2.50. The zero-order chi connectivity index (χ0) is 10.6. The monoisotopic (exact) mass is 189 g/mol. The summed E-state index contributed by atoms with van der Waals surface area (Å²) in [6.07, 6.45) is 0.915. The van der Waals surface area contributed by atoms with Crippen LogP contribution >= 0.6 is 0 Å². The summed E-state index contributed by atoms with van der Waals surface area (Å²) in [7, 11) is 0. The molecule has 1 heterocycles. The average molecular weight is 189 g/mol.